The Morgan fingerprint density at radius 3 is 1.97 bits per heavy atom. The van der Waals surface area contributed by atoms with Crippen LogP contribution in [-0.2, 0) is 61.9 Å². The van der Waals surface area contributed by atoms with Gasteiger partial charge in [-0.1, -0.05) is 6.08 Å². The number of carbonyl (C=O) groups excluding carboxylic acids is 5. The van der Waals surface area contributed by atoms with Crippen LogP contribution in [0.2, 0.25) is 0 Å². The second-order valence-corrected chi connectivity index (χ2v) is 8.10. The van der Waals surface area contributed by atoms with Crippen molar-refractivity contribution in [2.24, 2.45) is 0 Å². The molecule has 202 valence electrons. The van der Waals surface area contributed by atoms with Gasteiger partial charge in [0.1, 0.15) is 12.7 Å². The largest absolute Gasteiger partial charge is 0.464 e. The summed E-state index contributed by atoms with van der Waals surface area (Å²) in [7, 11) is 0. The van der Waals surface area contributed by atoms with Gasteiger partial charge in [0.15, 0.2) is 30.7 Å². The Labute approximate surface area is 208 Å². The lowest BCUT2D eigenvalue weighted by Crippen LogP contribution is -2.63. The molecule has 0 aromatic carbocycles. The molecule has 0 N–H and O–H groups in total. The summed E-state index contributed by atoms with van der Waals surface area (Å²) in [6.45, 7) is 7.63. The normalized spacial score (nSPS) is 29.8. The molecule has 0 bridgehead atoms. The van der Waals surface area contributed by atoms with Crippen LogP contribution in [0.15, 0.2) is 11.6 Å². The van der Waals surface area contributed by atoms with Crippen molar-refractivity contribution in [3.05, 3.63) is 11.6 Å². The Bertz CT molecular complexity index is 866. The Morgan fingerprint density at radius 2 is 1.42 bits per heavy atom. The van der Waals surface area contributed by atoms with Gasteiger partial charge >= 0.3 is 29.8 Å². The van der Waals surface area contributed by atoms with Gasteiger partial charge < -0.3 is 37.9 Å². The summed E-state index contributed by atoms with van der Waals surface area (Å²) in [5.74, 6) is -3.52. The van der Waals surface area contributed by atoms with Crippen LogP contribution in [0, 0.1) is 0 Å². The number of hydrogen-bond donors (Lipinski definition) is 0. The first-order valence-electron chi connectivity index (χ1n) is 11.4. The zero-order chi connectivity index (χ0) is 27.0. The van der Waals surface area contributed by atoms with Crippen LogP contribution in [0.25, 0.3) is 0 Å². The second-order valence-electron chi connectivity index (χ2n) is 8.10. The van der Waals surface area contributed by atoms with E-state index in [1.165, 1.54) is 6.92 Å². The fourth-order valence-corrected chi connectivity index (χ4v) is 3.65. The number of ether oxygens (including phenoxy) is 8. The van der Waals surface area contributed by atoms with E-state index in [1.807, 2.05) is 0 Å². The fraction of sp³-hybridized carbons (Fsp3) is 0.696. The minimum atomic E-state index is -1.44. The summed E-state index contributed by atoms with van der Waals surface area (Å²) in [5.41, 5.74) is 0.586. The van der Waals surface area contributed by atoms with Crippen molar-refractivity contribution in [1.29, 1.82) is 0 Å². The van der Waals surface area contributed by atoms with Crippen molar-refractivity contribution in [3.63, 3.8) is 0 Å². The van der Waals surface area contributed by atoms with Gasteiger partial charge in [-0.05, 0) is 19.4 Å². The SMILES string of the molecule is CCOC(=O)[C@@H]1CC=C(C)[C@H](O[C@@H]2O[C@H](COC(C)=O)[C@@H](OC(C)=O)[C@H](OC(C)=O)[C@H]2OC(C)=O)O1. The van der Waals surface area contributed by atoms with Crippen molar-refractivity contribution in [2.45, 2.75) is 91.1 Å². The molecule has 0 aromatic rings. The van der Waals surface area contributed by atoms with E-state index >= 15 is 0 Å². The molecule has 0 unspecified atom stereocenters. The van der Waals surface area contributed by atoms with Crippen LogP contribution in [0.4, 0.5) is 0 Å². The molecule has 0 aromatic heterocycles. The zero-order valence-corrected chi connectivity index (χ0v) is 21.0. The summed E-state index contributed by atoms with van der Waals surface area (Å²) >= 11 is 0. The van der Waals surface area contributed by atoms with Crippen molar-refractivity contribution in [2.75, 3.05) is 13.2 Å². The summed E-state index contributed by atoms with van der Waals surface area (Å²) in [4.78, 5) is 59.3. The van der Waals surface area contributed by atoms with E-state index in [2.05, 4.69) is 0 Å². The van der Waals surface area contributed by atoms with Gasteiger partial charge in [0.05, 0.1) is 6.61 Å². The topological polar surface area (TPSA) is 159 Å². The lowest BCUT2D eigenvalue weighted by molar-refractivity contribution is -0.338. The van der Waals surface area contributed by atoms with Crippen LogP contribution < -0.4 is 0 Å². The molecule has 1 saturated heterocycles. The van der Waals surface area contributed by atoms with Crippen molar-refractivity contribution in [3.8, 4) is 0 Å². The molecule has 2 aliphatic heterocycles. The maximum absolute atomic E-state index is 12.2. The third kappa shape index (κ3) is 8.28. The van der Waals surface area contributed by atoms with E-state index in [1.54, 1.807) is 19.9 Å². The predicted molar refractivity (Wildman–Crippen MR) is 117 cm³/mol. The molecular formula is C23H32O13. The molecule has 0 radical (unpaired) electrons. The van der Waals surface area contributed by atoms with Crippen LogP contribution in [-0.4, -0.2) is 86.2 Å². The van der Waals surface area contributed by atoms with E-state index in [9.17, 15) is 24.0 Å². The maximum atomic E-state index is 12.2. The van der Waals surface area contributed by atoms with E-state index in [0.717, 1.165) is 20.8 Å². The lowest BCUT2D eigenvalue weighted by Gasteiger charge is -2.45. The second kappa shape index (κ2) is 13.3. The lowest BCUT2D eigenvalue weighted by atomic mass is 9.98. The van der Waals surface area contributed by atoms with Gasteiger partial charge in [-0.15, -0.1) is 0 Å². The highest BCUT2D eigenvalue weighted by Gasteiger charge is 2.53. The van der Waals surface area contributed by atoms with E-state index in [4.69, 9.17) is 37.9 Å². The van der Waals surface area contributed by atoms with Crippen molar-refractivity contribution < 1.29 is 61.9 Å². The van der Waals surface area contributed by atoms with E-state index < -0.39 is 79.6 Å². The summed E-state index contributed by atoms with van der Waals surface area (Å²) < 4.78 is 43.7. The number of esters is 5. The Balaban J connectivity index is 2.40. The molecule has 7 atom stereocenters. The molecule has 36 heavy (non-hydrogen) atoms. The Kier molecular flexibility index (Phi) is 10.8. The summed E-state index contributed by atoms with van der Waals surface area (Å²) in [6, 6.07) is 0. The third-order valence-electron chi connectivity index (χ3n) is 5.07. The molecule has 2 aliphatic rings. The van der Waals surface area contributed by atoms with E-state index in [-0.39, 0.29) is 13.0 Å². The average Bonchev–Trinajstić information content (AvgIpc) is 2.77. The highest BCUT2D eigenvalue weighted by Crippen LogP contribution is 2.32. The Morgan fingerprint density at radius 1 is 0.833 bits per heavy atom. The molecule has 0 aliphatic carbocycles. The average molecular weight is 516 g/mol. The van der Waals surface area contributed by atoms with Crippen molar-refractivity contribution >= 4 is 29.8 Å². The first-order valence-corrected chi connectivity index (χ1v) is 11.4. The minimum absolute atomic E-state index is 0.159. The van der Waals surface area contributed by atoms with E-state index in [0.29, 0.717) is 5.57 Å². The number of rotatable bonds is 9. The first-order chi connectivity index (χ1) is 16.9. The summed E-state index contributed by atoms with van der Waals surface area (Å²) in [5, 5.41) is 0. The minimum Gasteiger partial charge on any atom is -0.464 e. The summed E-state index contributed by atoms with van der Waals surface area (Å²) in [6.07, 6.45) is -6.84. The van der Waals surface area contributed by atoms with Crippen LogP contribution >= 0.6 is 0 Å². The number of carbonyl (C=O) groups is 5. The molecule has 2 heterocycles. The van der Waals surface area contributed by atoms with Crippen LogP contribution in [0.1, 0.15) is 48.0 Å². The van der Waals surface area contributed by atoms with Gasteiger partial charge in [0, 0.05) is 34.1 Å². The number of hydrogen-bond acceptors (Lipinski definition) is 13. The Hall–Kier alpha value is -3.03. The molecule has 0 saturated carbocycles. The molecule has 13 nitrogen and oxygen atoms in total. The third-order valence-corrected chi connectivity index (χ3v) is 5.07. The molecule has 0 spiro atoms. The smallest absolute Gasteiger partial charge is 0.335 e. The standard InChI is InChI=1S/C23H32O13/c1-7-29-21(28)16-9-8-11(2)22(34-16)36-23-20(33-15(6)27)19(32-14(5)26)18(31-13(4)25)17(35-23)10-30-12(3)24/h8,16-20,22-23H,7,9-10H2,1-6H3/t16-,17+,18+,19-,20+,22-,23-/m0/s1. The van der Waals surface area contributed by atoms with Gasteiger partial charge in [0.2, 0.25) is 6.29 Å². The highest BCUT2D eigenvalue weighted by molar-refractivity contribution is 5.75. The quantitative estimate of drug-likeness (QED) is 0.240. The first kappa shape index (κ1) is 29.2. The zero-order valence-electron chi connectivity index (χ0n) is 21.0. The van der Waals surface area contributed by atoms with Gasteiger partial charge in [-0.25, -0.2) is 4.79 Å². The molecular weight excluding hydrogens is 484 g/mol. The van der Waals surface area contributed by atoms with Crippen molar-refractivity contribution in [1.82, 2.24) is 0 Å². The monoisotopic (exact) mass is 516 g/mol. The molecule has 13 heteroatoms. The molecule has 2 rings (SSSR count). The van der Waals surface area contributed by atoms with Crippen LogP contribution in [0.5, 0.6) is 0 Å². The van der Waals surface area contributed by atoms with Gasteiger partial charge in [0.25, 0.3) is 0 Å². The fourth-order valence-electron chi connectivity index (χ4n) is 3.65. The maximum Gasteiger partial charge on any atom is 0.335 e. The molecule has 1 fully saturated rings. The highest BCUT2D eigenvalue weighted by atomic mass is 16.8. The van der Waals surface area contributed by atoms with Gasteiger partial charge in [-0.2, -0.15) is 0 Å². The van der Waals surface area contributed by atoms with Crippen LogP contribution in [0.3, 0.4) is 0 Å². The predicted octanol–water partition coefficient (Wildman–Crippen LogP) is 0.711. The van der Waals surface area contributed by atoms with Gasteiger partial charge in [-0.3, -0.25) is 19.2 Å². The molecule has 0 amide bonds.